The van der Waals surface area contributed by atoms with E-state index in [1.165, 1.54) is 17.7 Å². The summed E-state index contributed by atoms with van der Waals surface area (Å²) in [5.41, 5.74) is 0.145. The van der Waals surface area contributed by atoms with Crippen LogP contribution in [-0.2, 0) is 17.9 Å². The molecule has 0 spiro atoms. The van der Waals surface area contributed by atoms with Crippen molar-refractivity contribution in [3.05, 3.63) is 68.9 Å². The second-order valence-corrected chi connectivity index (χ2v) is 7.79. The second-order valence-electron chi connectivity index (χ2n) is 7.79. The number of methoxy groups -OCH3 is 1. The number of rotatable bonds is 9. The summed E-state index contributed by atoms with van der Waals surface area (Å²) in [6, 6.07) is 11.4. The fourth-order valence-corrected chi connectivity index (χ4v) is 3.82. The molecule has 1 saturated carbocycles. The number of H-pyrrole nitrogens is 1. The monoisotopic (exact) mass is 459 g/mol. The van der Waals surface area contributed by atoms with E-state index >= 15 is 0 Å². The number of carbonyl (C=O) groups is 1. The normalized spacial score (nSPS) is 13.3. The highest BCUT2D eigenvalue weighted by molar-refractivity contribution is 5.79. The summed E-state index contributed by atoms with van der Waals surface area (Å²) in [6.45, 7) is -2.58. The standard InChI is InChI=1S/C23H23F2N3O5/c1-32-19-12-14(6-9-18(19)33-22(24)25)13-28(15-7-8-15)20(29)10-11-27-17-5-3-2-4-16(17)21(30)26-23(27)31/h2-6,9,12,15,22H,7-8,10-11,13H2,1H3,(H,26,30,31). The highest BCUT2D eigenvalue weighted by Crippen LogP contribution is 2.33. The van der Waals surface area contributed by atoms with Crippen LogP contribution in [0.1, 0.15) is 24.8 Å². The van der Waals surface area contributed by atoms with Crippen molar-refractivity contribution >= 4 is 16.8 Å². The molecule has 1 heterocycles. The van der Waals surface area contributed by atoms with Crippen molar-refractivity contribution in [1.29, 1.82) is 0 Å². The minimum absolute atomic E-state index is 0.0656. The number of amides is 1. The Labute approximate surface area is 187 Å². The molecule has 4 rings (SSSR count). The first-order chi connectivity index (χ1) is 15.9. The number of hydrogen-bond donors (Lipinski definition) is 1. The van der Waals surface area contributed by atoms with Crippen molar-refractivity contribution in [3.63, 3.8) is 0 Å². The van der Waals surface area contributed by atoms with Gasteiger partial charge in [-0.2, -0.15) is 8.78 Å². The number of fused-ring (bicyclic) bond motifs is 1. The van der Waals surface area contributed by atoms with Gasteiger partial charge in [0.05, 0.1) is 18.0 Å². The van der Waals surface area contributed by atoms with Crippen molar-refractivity contribution in [3.8, 4) is 11.5 Å². The van der Waals surface area contributed by atoms with Gasteiger partial charge in [0.15, 0.2) is 11.5 Å². The lowest BCUT2D eigenvalue weighted by Crippen LogP contribution is -2.35. The van der Waals surface area contributed by atoms with Crippen molar-refractivity contribution < 1.29 is 23.0 Å². The Hall–Kier alpha value is -3.69. The highest BCUT2D eigenvalue weighted by atomic mass is 19.3. The van der Waals surface area contributed by atoms with Gasteiger partial charge < -0.3 is 14.4 Å². The first-order valence-corrected chi connectivity index (χ1v) is 10.5. The Morgan fingerprint density at radius 3 is 2.64 bits per heavy atom. The van der Waals surface area contributed by atoms with Gasteiger partial charge in [0.2, 0.25) is 5.91 Å². The molecule has 1 fully saturated rings. The van der Waals surface area contributed by atoms with Crippen LogP contribution in [0.15, 0.2) is 52.1 Å². The molecule has 3 aromatic rings. The lowest BCUT2D eigenvalue weighted by Gasteiger charge is -2.23. The maximum absolute atomic E-state index is 13.1. The number of hydrogen-bond acceptors (Lipinski definition) is 5. The van der Waals surface area contributed by atoms with Crippen LogP contribution in [0, 0.1) is 0 Å². The second kappa shape index (κ2) is 9.43. The van der Waals surface area contributed by atoms with E-state index in [0.717, 1.165) is 12.8 Å². The van der Waals surface area contributed by atoms with E-state index in [2.05, 4.69) is 9.72 Å². The van der Waals surface area contributed by atoms with E-state index in [9.17, 15) is 23.2 Å². The number of para-hydroxylation sites is 1. The van der Waals surface area contributed by atoms with E-state index in [1.807, 2.05) is 0 Å². The van der Waals surface area contributed by atoms with Gasteiger partial charge in [0, 0.05) is 25.6 Å². The van der Waals surface area contributed by atoms with Crippen LogP contribution in [0.4, 0.5) is 8.78 Å². The quantitative estimate of drug-likeness (QED) is 0.531. The average Bonchev–Trinajstić information content (AvgIpc) is 3.63. The lowest BCUT2D eigenvalue weighted by atomic mass is 10.1. The molecular formula is C23H23F2N3O5. The Kier molecular flexibility index (Phi) is 6.43. The van der Waals surface area contributed by atoms with E-state index < -0.39 is 17.9 Å². The maximum atomic E-state index is 13.1. The van der Waals surface area contributed by atoms with Crippen LogP contribution in [0.2, 0.25) is 0 Å². The smallest absolute Gasteiger partial charge is 0.387 e. The molecule has 33 heavy (non-hydrogen) atoms. The third kappa shape index (κ3) is 5.05. The van der Waals surface area contributed by atoms with Gasteiger partial charge in [-0.05, 0) is 42.7 Å². The van der Waals surface area contributed by atoms with E-state index in [-0.39, 0.29) is 43.0 Å². The van der Waals surface area contributed by atoms with Crippen LogP contribution in [0.25, 0.3) is 10.9 Å². The molecule has 10 heteroatoms. The highest BCUT2D eigenvalue weighted by Gasteiger charge is 2.32. The first-order valence-electron chi connectivity index (χ1n) is 10.5. The number of halogens is 2. The summed E-state index contributed by atoms with van der Waals surface area (Å²) in [6.07, 6.45) is 1.81. The zero-order valence-corrected chi connectivity index (χ0v) is 17.9. The molecule has 2 aromatic carbocycles. The molecule has 1 amide bonds. The van der Waals surface area contributed by atoms with Gasteiger partial charge in [-0.15, -0.1) is 0 Å². The Morgan fingerprint density at radius 1 is 1.18 bits per heavy atom. The number of aromatic nitrogens is 2. The van der Waals surface area contributed by atoms with Gasteiger partial charge in [0.1, 0.15) is 0 Å². The van der Waals surface area contributed by atoms with Crippen molar-refractivity contribution in [1.82, 2.24) is 14.5 Å². The van der Waals surface area contributed by atoms with Gasteiger partial charge in [-0.25, -0.2) is 4.79 Å². The summed E-state index contributed by atoms with van der Waals surface area (Å²) in [4.78, 5) is 41.5. The van der Waals surface area contributed by atoms with Crippen LogP contribution in [-0.4, -0.2) is 40.1 Å². The lowest BCUT2D eigenvalue weighted by molar-refractivity contribution is -0.132. The van der Waals surface area contributed by atoms with E-state index in [4.69, 9.17) is 4.74 Å². The topological polar surface area (TPSA) is 93.6 Å². The van der Waals surface area contributed by atoms with Gasteiger partial charge >= 0.3 is 12.3 Å². The first kappa shape index (κ1) is 22.5. The predicted molar refractivity (Wildman–Crippen MR) is 117 cm³/mol. The average molecular weight is 459 g/mol. The number of nitrogens with zero attached hydrogens (tertiary/aromatic N) is 2. The van der Waals surface area contributed by atoms with Crippen LogP contribution < -0.4 is 20.7 Å². The van der Waals surface area contributed by atoms with Crippen LogP contribution >= 0.6 is 0 Å². The number of alkyl halides is 2. The fraction of sp³-hybridized carbons (Fsp3) is 0.348. The minimum Gasteiger partial charge on any atom is -0.493 e. The fourth-order valence-electron chi connectivity index (χ4n) is 3.82. The largest absolute Gasteiger partial charge is 0.493 e. The Bertz CT molecular complexity index is 1280. The Balaban J connectivity index is 1.51. The van der Waals surface area contributed by atoms with Gasteiger partial charge in [-0.3, -0.25) is 19.1 Å². The third-order valence-electron chi connectivity index (χ3n) is 5.56. The van der Waals surface area contributed by atoms with Crippen molar-refractivity contribution in [2.24, 2.45) is 0 Å². The number of aromatic amines is 1. The third-order valence-corrected chi connectivity index (χ3v) is 5.56. The number of nitrogens with one attached hydrogen (secondary N) is 1. The molecule has 1 aliphatic carbocycles. The molecule has 1 aliphatic rings. The molecule has 174 valence electrons. The minimum atomic E-state index is -2.97. The van der Waals surface area contributed by atoms with Crippen LogP contribution in [0.5, 0.6) is 11.5 Å². The number of carbonyl (C=O) groups excluding carboxylic acids is 1. The molecule has 0 atom stereocenters. The van der Waals surface area contributed by atoms with Gasteiger partial charge in [0.25, 0.3) is 5.56 Å². The zero-order chi connectivity index (χ0) is 23.5. The molecule has 0 bridgehead atoms. The molecule has 1 N–H and O–H groups in total. The maximum Gasteiger partial charge on any atom is 0.387 e. The molecule has 8 nitrogen and oxygen atoms in total. The molecule has 1 aromatic heterocycles. The number of aryl methyl sites for hydroxylation is 1. The SMILES string of the molecule is COc1cc(CN(C(=O)CCn2c(=O)[nH]c(=O)c3ccccc32)C2CC2)ccc1OC(F)F. The van der Waals surface area contributed by atoms with Crippen LogP contribution in [0.3, 0.4) is 0 Å². The summed E-state index contributed by atoms with van der Waals surface area (Å²) >= 11 is 0. The molecule has 0 saturated heterocycles. The zero-order valence-electron chi connectivity index (χ0n) is 17.9. The summed E-state index contributed by atoms with van der Waals surface area (Å²) in [5, 5.41) is 0.377. The van der Waals surface area contributed by atoms with Gasteiger partial charge in [-0.1, -0.05) is 18.2 Å². The van der Waals surface area contributed by atoms with E-state index in [1.54, 1.807) is 41.3 Å². The van der Waals surface area contributed by atoms with Crippen molar-refractivity contribution in [2.45, 2.75) is 45.0 Å². The molecule has 0 radical (unpaired) electrons. The molecule has 0 aliphatic heterocycles. The summed E-state index contributed by atoms with van der Waals surface area (Å²) in [5.74, 6) is -0.0707. The molecular weight excluding hydrogens is 436 g/mol. The van der Waals surface area contributed by atoms with Crippen molar-refractivity contribution in [2.75, 3.05) is 7.11 Å². The predicted octanol–water partition coefficient (Wildman–Crippen LogP) is 2.88. The Morgan fingerprint density at radius 2 is 1.94 bits per heavy atom. The summed E-state index contributed by atoms with van der Waals surface area (Å²) in [7, 11) is 1.35. The number of ether oxygens (including phenoxy) is 2. The van der Waals surface area contributed by atoms with E-state index in [0.29, 0.717) is 16.5 Å². The number of benzene rings is 2. The molecule has 0 unspecified atom stereocenters. The summed E-state index contributed by atoms with van der Waals surface area (Å²) < 4.78 is 36.1.